The van der Waals surface area contributed by atoms with E-state index in [9.17, 15) is 5.11 Å². The summed E-state index contributed by atoms with van der Waals surface area (Å²) in [6.07, 6.45) is 3.19. The highest BCUT2D eigenvalue weighted by molar-refractivity contribution is 9.10. The minimum Gasteiger partial charge on any atom is -0.388 e. The molecule has 1 aliphatic carbocycles. The molecule has 98 valence electrons. The number of aliphatic hydroxyl groups is 1. The number of halogens is 1. The zero-order chi connectivity index (χ0) is 12.6. The Hall–Kier alpha value is -0.0300. The summed E-state index contributed by atoms with van der Waals surface area (Å²) in [4.78, 5) is 0. The third-order valence-electron chi connectivity index (χ3n) is 3.97. The molecule has 2 atom stereocenters. The van der Waals surface area contributed by atoms with Crippen LogP contribution in [0.4, 0.5) is 0 Å². The summed E-state index contributed by atoms with van der Waals surface area (Å²) in [6, 6.07) is 6.83. The van der Waals surface area contributed by atoms with E-state index < -0.39 is 5.60 Å². The number of nitrogens with one attached hydrogen (secondary N) is 1. The molecule has 0 saturated carbocycles. The van der Waals surface area contributed by atoms with Crippen molar-refractivity contribution in [3.05, 3.63) is 33.8 Å². The maximum Gasteiger partial charge on any atom is 0.0869 e. The highest BCUT2D eigenvalue weighted by Crippen LogP contribution is 2.36. The van der Waals surface area contributed by atoms with Crippen LogP contribution in [-0.2, 0) is 6.42 Å². The van der Waals surface area contributed by atoms with E-state index in [1.807, 2.05) is 11.8 Å². The maximum absolute atomic E-state index is 10.4. The molecule has 0 unspecified atom stereocenters. The third-order valence-corrected chi connectivity index (χ3v) is 5.95. The molecule has 3 rings (SSSR count). The van der Waals surface area contributed by atoms with Crippen molar-refractivity contribution in [2.24, 2.45) is 0 Å². The fraction of sp³-hybridized carbons (Fsp3) is 0.571. The average molecular weight is 328 g/mol. The first kappa shape index (κ1) is 13.0. The van der Waals surface area contributed by atoms with Crippen LogP contribution in [0, 0.1) is 0 Å². The molecule has 0 aromatic heterocycles. The van der Waals surface area contributed by atoms with Gasteiger partial charge in [0.2, 0.25) is 0 Å². The first-order valence-corrected chi connectivity index (χ1v) is 8.44. The maximum atomic E-state index is 10.4. The number of hydrogen-bond donors (Lipinski definition) is 2. The fourth-order valence-electron chi connectivity index (χ4n) is 2.87. The topological polar surface area (TPSA) is 32.3 Å². The van der Waals surface area contributed by atoms with Crippen molar-refractivity contribution >= 4 is 27.7 Å². The van der Waals surface area contributed by atoms with Crippen LogP contribution in [0.5, 0.6) is 0 Å². The van der Waals surface area contributed by atoms with E-state index in [1.165, 1.54) is 15.6 Å². The molecule has 4 heteroatoms. The standard InChI is InChI=1S/C14H18BrNOS/c15-12-3-1-2-11-10(12)4-5-13(11)16-8-14(17)6-7-18-9-14/h1-3,13,16-17H,4-9H2/t13-,14-/m0/s1. The Bertz CT molecular complexity index is 445. The predicted molar refractivity (Wildman–Crippen MR) is 80.1 cm³/mol. The first-order valence-electron chi connectivity index (χ1n) is 6.49. The summed E-state index contributed by atoms with van der Waals surface area (Å²) < 4.78 is 1.22. The minimum absolute atomic E-state index is 0.409. The Labute approximate surface area is 121 Å². The summed E-state index contributed by atoms with van der Waals surface area (Å²) in [5.74, 6) is 1.96. The van der Waals surface area contributed by atoms with Gasteiger partial charge in [-0.25, -0.2) is 0 Å². The van der Waals surface area contributed by atoms with Crippen LogP contribution in [-0.4, -0.2) is 28.8 Å². The largest absolute Gasteiger partial charge is 0.388 e. The zero-order valence-corrected chi connectivity index (χ0v) is 12.7. The summed E-state index contributed by atoms with van der Waals surface area (Å²) in [5, 5.41) is 13.9. The van der Waals surface area contributed by atoms with Gasteiger partial charge >= 0.3 is 0 Å². The van der Waals surface area contributed by atoms with Crippen LogP contribution in [0.25, 0.3) is 0 Å². The zero-order valence-electron chi connectivity index (χ0n) is 10.3. The second kappa shape index (κ2) is 5.16. The van der Waals surface area contributed by atoms with Gasteiger partial charge in [-0.05, 0) is 42.2 Å². The van der Waals surface area contributed by atoms with E-state index in [-0.39, 0.29) is 0 Å². The minimum atomic E-state index is -0.487. The second-order valence-electron chi connectivity index (χ2n) is 5.31. The average Bonchev–Trinajstić information content (AvgIpc) is 2.95. The van der Waals surface area contributed by atoms with Crippen molar-refractivity contribution in [1.29, 1.82) is 0 Å². The van der Waals surface area contributed by atoms with Gasteiger partial charge in [-0.15, -0.1) is 0 Å². The molecule has 0 radical (unpaired) electrons. The lowest BCUT2D eigenvalue weighted by Crippen LogP contribution is -2.41. The Morgan fingerprint density at radius 2 is 2.39 bits per heavy atom. The molecular formula is C14H18BrNOS. The quantitative estimate of drug-likeness (QED) is 0.895. The SMILES string of the molecule is O[C@]1(CN[C@H]2CCc3c(Br)cccc32)CCSC1. The van der Waals surface area contributed by atoms with E-state index in [1.54, 1.807) is 0 Å². The lowest BCUT2D eigenvalue weighted by Gasteiger charge is -2.24. The number of thioether (sulfide) groups is 1. The van der Waals surface area contributed by atoms with E-state index in [4.69, 9.17) is 0 Å². The molecule has 2 nitrogen and oxygen atoms in total. The first-order chi connectivity index (χ1) is 8.68. The van der Waals surface area contributed by atoms with Crippen LogP contribution in [0.1, 0.15) is 30.0 Å². The molecule has 0 amide bonds. The number of fused-ring (bicyclic) bond motifs is 1. The van der Waals surface area contributed by atoms with Crippen molar-refractivity contribution in [2.75, 3.05) is 18.1 Å². The molecular weight excluding hydrogens is 310 g/mol. The van der Waals surface area contributed by atoms with Gasteiger partial charge in [0.25, 0.3) is 0 Å². The molecule has 1 heterocycles. The molecule has 1 fully saturated rings. The normalized spacial score (nSPS) is 30.7. The molecule has 1 aromatic carbocycles. The van der Waals surface area contributed by atoms with E-state index >= 15 is 0 Å². The van der Waals surface area contributed by atoms with Crippen LogP contribution < -0.4 is 5.32 Å². The van der Waals surface area contributed by atoms with E-state index in [0.29, 0.717) is 6.04 Å². The third kappa shape index (κ3) is 2.48. The van der Waals surface area contributed by atoms with Crippen LogP contribution >= 0.6 is 27.7 Å². The molecule has 0 bridgehead atoms. The fourth-order valence-corrected chi connectivity index (χ4v) is 4.75. The summed E-state index contributed by atoms with van der Waals surface area (Å²) in [5.41, 5.74) is 2.35. The van der Waals surface area contributed by atoms with Crippen LogP contribution in [0.3, 0.4) is 0 Å². The van der Waals surface area contributed by atoms with Crippen LogP contribution in [0.2, 0.25) is 0 Å². The van der Waals surface area contributed by atoms with Crippen LogP contribution in [0.15, 0.2) is 22.7 Å². The van der Waals surface area contributed by atoms with Crippen molar-refractivity contribution < 1.29 is 5.11 Å². The van der Waals surface area contributed by atoms with Gasteiger partial charge in [0.1, 0.15) is 0 Å². The molecule has 1 aromatic rings. The summed E-state index contributed by atoms with van der Waals surface area (Å²) >= 11 is 5.48. The van der Waals surface area contributed by atoms with Gasteiger partial charge in [0.05, 0.1) is 5.60 Å². The van der Waals surface area contributed by atoms with Gasteiger partial charge in [-0.1, -0.05) is 28.1 Å². The lowest BCUT2D eigenvalue weighted by atomic mass is 10.0. The van der Waals surface area contributed by atoms with Gasteiger partial charge in [-0.2, -0.15) is 11.8 Å². The molecule has 2 aliphatic rings. The monoisotopic (exact) mass is 327 g/mol. The van der Waals surface area contributed by atoms with Gasteiger partial charge < -0.3 is 10.4 Å². The van der Waals surface area contributed by atoms with Gasteiger partial charge in [-0.3, -0.25) is 0 Å². The highest BCUT2D eigenvalue weighted by Gasteiger charge is 2.33. The van der Waals surface area contributed by atoms with Crippen molar-refractivity contribution in [2.45, 2.75) is 30.9 Å². The number of hydrogen-bond acceptors (Lipinski definition) is 3. The lowest BCUT2D eigenvalue weighted by molar-refractivity contribution is 0.0646. The summed E-state index contributed by atoms with van der Waals surface area (Å²) in [7, 11) is 0. The molecule has 2 N–H and O–H groups in total. The Balaban J connectivity index is 1.68. The molecule has 1 saturated heterocycles. The van der Waals surface area contributed by atoms with E-state index in [0.717, 1.165) is 37.3 Å². The van der Waals surface area contributed by atoms with Crippen molar-refractivity contribution in [3.63, 3.8) is 0 Å². The van der Waals surface area contributed by atoms with Gasteiger partial charge in [0.15, 0.2) is 0 Å². The highest BCUT2D eigenvalue weighted by atomic mass is 79.9. The van der Waals surface area contributed by atoms with Crippen molar-refractivity contribution in [1.82, 2.24) is 5.32 Å². The smallest absolute Gasteiger partial charge is 0.0869 e. The molecule has 0 spiro atoms. The second-order valence-corrected chi connectivity index (χ2v) is 7.27. The number of rotatable bonds is 3. The van der Waals surface area contributed by atoms with Gasteiger partial charge in [0, 0.05) is 22.8 Å². The Morgan fingerprint density at radius 3 is 3.17 bits per heavy atom. The Kier molecular flexibility index (Phi) is 3.72. The number of benzene rings is 1. The summed E-state index contributed by atoms with van der Waals surface area (Å²) in [6.45, 7) is 0.719. The Morgan fingerprint density at radius 1 is 1.50 bits per heavy atom. The molecule has 1 aliphatic heterocycles. The van der Waals surface area contributed by atoms with E-state index in [2.05, 4.69) is 39.4 Å². The molecule has 18 heavy (non-hydrogen) atoms. The van der Waals surface area contributed by atoms with Crippen molar-refractivity contribution in [3.8, 4) is 0 Å². The predicted octanol–water partition coefficient (Wildman–Crippen LogP) is 2.89.